The first-order valence-corrected chi connectivity index (χ1v) is 6.15. The van der Waals surface area contributed by atoms with E-state index in [0.717, 1.165) is 20.9 Å². The smallest absolute Gasteiger partial charge is 0.373 e. The summed E-state index contributed by atoms with van der Waals surface area (Å²) in [5.41, 5.74) is -3.33. The molecule has 2 atom stereocenters. The standard InChI is InChI=1S/C11H13F3N4O4/c1-4(19)17-6-7(15-9(17)11(12,13)14)16(3)10(22)18(5(2)20)8(6)21/h4-5,19-20H,1-3H3. The number of imidazole rings is 1. The Balaban J connectivity index is 3.13. The van der Waals surface area contributed by atoms with Gasteiger partial charge in [0.2, 0.25) is 5.82 Å². The first-order chi connectivity index (χ1) is 9.98. The van der Waals surface area contributed by atoms with Crippen LogP contribution in [0.5, 0.6) is 0 Å². The second-order valence-corrected chi connectivity index (χ2v) is 4.76. The molecule has 8 nitrogen and oxygen atoms in total. The van der Waals surface area contributed by atoms with Gasteiger partial charge in [0, 0.05) is 7.05 Å². The van der Waals surface area contributed by atoms with Crippen LogP contribution in [0.2, 0.25) is 0 Å². The summed E-state index contributed by atoms with van der Waals surface area (Å²) in [7, 11) is 1.11. The van der Waals surface area contributed by atoms with E-state index < -0.39 is 46.9 Å². The minimum Gasteiger partial charge on any atom is -0.373 e. The van der Waals surface area contributed by atoms with Gasteiger partial charge in [0.1, 0.15) is 12.5 Å². The van der Waals surface area contributed by atoms with E-state index in [1.165, 1.54) is 0 Å². The summed E-state index contributed by atoms with van der Waals surface area (Å²) in [4.78, 5) is 27.5. The third-order valence-electron chi connectivity index (χ3n) is 3.13. The zero-order chi connectivity index (χ0) is 17.0. The molecule has 2 rings (SSSR count). The van der Waals surface area contributed by atoms with E-state index in [9.17, 15) is 33.0 Å². The minimum absolute atomic E-state index is 0.288. The topological polar surface area (TPSA) is 102 Å². The highest BCUT2D eigenvalue weighted by Gasteiger charge is 2.40. The number of nitrogens with zero attached hydrogens (tertiary/aromatic N) is 4. The lowest BCUT2D eigenvalue weighted by Crippen LogP contribution is -2.41. The lowest BCUT2D eigenvalue weighted by atomic mass is 10.4. The van der Waals surface area contributed by atoms with Gasteiger partial charge in [-0.05, 0) is 13.8 Å². The van der Waals surface area contributed by atoms with Gasteiger partial charge in [-0.15, -0.1) is 0 Å². The first kappa shape index (κ1) is 16.2. The number of hydrogen-bond acceptors (Lipinski definition) is 5. The van der Waals surface area contributed by atoms with Gasteiger partial charge in [-0.25, -0.2) is 14.3 Å². The Labute approximate surface area is 120 Å². The Morgan fingerprint density at radius 3 is 2.00 bits per heavy atom. The number of aliphatic hydroxyl groups excluding tert-OH is 2. The number of alkyl halides is 3. The number of hydrogen-bond donors (Lipinski definition) is 2. The maximum absolute atomic E-state index is 13.0. The molecule has 2 aromatic rings. The van der Waals surface area contributed by atoms with E-state index in [0.29, 0.717) is 9.13 Å². The molecule has 22 heavy (non-hydrogen) atoms. The van der Waals surface area contributed by atoms with Crippen molar-refractivity contribution in [1.82, 2.24) is 18.7 Å². The number of fused-ring (bicyclic) bond motifs is 1. The van der Waals surface area contributed by atoms with Crippen molar-refractivity contribution in [1.29, 1.82) is 0 Å². The van der Waals surface area contributed by atoms with E-state index in [2.05, 4.69) is 4.98 Å². The van der Waals surface area contributed by atoms with Crippen molar-refractivity contribution < 1.29 is 23.4 Å². The average molecular weight is 322 g/mol. The number of aromatic nitrogens is 4. The average Bonchev–Trinajstić information content (AvgIpc) is 2.76. The van der Waals surface area contributed by atoms with Gasteiger partial charge in [-0.2, -0.15) is 13.2 Å². The minimum atomic E-state index is -4.94. The lowest BCUT2D eigenvalue weighted by molar-refractivity contribution is -0.150. The summed E-state index contributed by atoms with van der Waals surface area (Å²) in [5.74, 6) is -1.51. The van der Waals surface area contributed by atoms with Crippen LogP contribution >= 0.6 is 0 Å². The van der Waals surface area contributed by atoms with Crippen LogP contribution in [0.1, 0.15) is 32.1 Å². The van der Waals surface area contributed by atoms with Gasteiger partial charge in [0.25, 0.3) is 5.56 Å². The van der Waals surface area contributed by atoms with Gasteiger partial charge in [-0.3, -0.25) is 13.9 Å². The zero-order valence-electron chi connectivity index (χ0n) is 11.8. The third-order valence-corrected chi connectivity index (χ3v) is 3.13. The number of rotatable bonds is 2. The fourth-order valence-electron chi connectivity index (χ4n) is 2.20. The predicted molar refractivity (Wildman–Crippen MR) is 68.1 cm³/mol. The van der Waals surface area contributed by atoms with E-state index in [1.807, 2.05) is 0 Å². The molecular formula is C11H13F3N4O4. The van der Waals surface area contributed by atoms with Crippen molar-refractivity contribution in [3.05, 3.63) is 26.7 Å². The molecule has 0 fully saturated rings. The highest BCUT2D eigenvalue weighted by molar-refractivity contribution is 5.71. The van der Waals surface area contributed by atoms with Crippen LogP contribution in [-0.4, -0.2) is 28.9 Å². The molecule has 122 valence electrons. The van der Waals surface area contributed by atoms with Crippen molar-refractivity contribution >= 4 is 11.2 Å². The normalized spacial score (nSPS) is 15.3. The molecule has 0 spiro atoms. The molecule has 0 bridgehead atoms. The van der Waals surface area contributed by atoms with Gasteiger partial charge in [0.05, 0.1) is 0 Å². The highest BCUT2D eigenvalue weighted by atomic mass is 19.4. The van der Waals surface area contributed by atoms with Gasteiger partial charge < -0.3 is 10.2 Å². The van der Waals surface area contributed by atoms with Crippen LogP contribution in [0.25, 0.3) is 11.2 Å². The van der Waals surface area contributed by atoms with Crippen molar-refractivity contribution in [3.8, 4) is 0 Å². The maximum Gasteiger partial charge on any atom is 0.449 e. The Morgan fingerprint density at radius 2 is 1.59 bits per heavy atom. The van der Waals surface area contributed by atoms with Crippen LogP contribution in [0, 0.1) is 0 Å². The number of aryl methyl sites for hydroxylation is 1. The molecule has 0 saturated carbocycles. The zero-order valence-corrected chi connectivity index (χ0v) is 11.8. The summed E-state index contributed by atoms with van der Waals surface area (Å²) in [6.45, 7) is 2.13. The van der Waals surface area contributed by atoms with Crippen molar-refractivity contribution in [2.75, 3.05) is 0 Å². The molecule has 0 aliphatic heterocycles. The second-order valence-electron chi connectivity index (χ2n) is 4.76. The summed E-state index contributed by atoms with van der Waals surface area (Å²) in [6.07, 6.45) is -8.20. The summed E-state index contributed by atoms with van der Waals surface area (Å²) >= 11 is 0. The Morgan fingerprint density at radius 1 is 1.09 bits per heavy atom. The van der Waals surface area contributed by atoms with Crippen molar-refractivity contribution in [2.45, 2.75) is 32.5 Å². The monoisotopic (exact) mass is 322 g/mol. The largest absolute Gasteiger partial charge is 0.449 e. The summed E-state index contributed by atoms with van der Waals surface area (Å²) in [5, 5.41) is 19.1. The Kier molecular flexibility index (Phi) is 3.65. The second kappa shape index (κ2) is 4.95. The molecule has 0 amide bonds. The number of aliphatic hydroxyl groups is 2. The molecule has 0 radical (unpaired) electrons. The molecular weight excluding hydrogens is 309 g/mol. The molecule has 0 saturated heterocycles. The van der Waals surface area contributed by atoms with Gasteiger partial charge >= 0.3 is 11.9 Å². The SMILES string of the molecule is CC(O)n1c(=O)c2c(nc(C(F)(F)F)n2C(C)O)n(C)c1=O. The van der Waals surface area contributed by atoms with E-state index in [1.54, 1.807) is 0 Å². The molecule has 11 heteroatoms. The predicted octanol–water partition coefficient (Wildman–Crippen LogP) is -0.0629. The lowest BCUT2D eigenvalue weighted by Gasteiger charge is -2.14. The molecule has 2 heterocycles. The van der Waals surface area contributed by atoms with Gasteiger partial charge in [0.15, 0.2) is 11.2 Å². The van der Waals surface area contributed by atoms with Crippen molar-refractivity contribution in [2.24, 2.45) is 7.05 Å². The molecule has 0 aliphatic carbocycles. The Hall–Kier alpha value is -2.14. The van der Waals surface area contributed by atoms with Crippen molar-refractivity contribution in [3.63, 3.8) is 0 Å². The van der Waals surface area contributed by atoms with Crippen LogP contribution < -0.4 is 11.2 Å². The quantitative estimate of drug-likeness (QED) is 0.806. The molecule has 0 aromatic carbocycles. The summed E-state index contributed by atoms with van der Waals surface area (Å²) < 4.78 is 40.5. The number of halogens is 3. The summed E-state index contributed by atoms with van der Waals surface area (Å²) in [6, 6.07) is 0. The molecule has 2 unspecified atom stereocenters. The van der Waals surface area contributed by atoms with Crippen LogP contribution in [0.4, 0.5) is 13.2 Å². The van der Waals surface area contributed by atoms with Crippen LogP contribution in [0.3, 0.4) is 0 Å². The molecule has 2 N–H and O–H groups in total. The third kappa shape index (κ3) is 2.22. The Bertz CT molecular complexity index is 844. The van der Waals surface area contributed by atoms with E-state index in [4.69, 9.17) is 0 Å². The fourth-order valence-corrected chi connectivity index (χ4v) is 2.20. The highest BCUT2D eigenvalue weighted by Crippen LogP contribution is 2.31. The van der Waals surface area contributed by atoms with Crippen LogP contribution in [-0.2, 0) is 13.2 Å². The van der Waals surface area contributed by atoms with E-state index >= 15 is 0 Å². The van der Waals surface area contributed by atoms with Crippen LogP contribution in [0.15, 0.2) is 9.59 Å². The molecule has 0 aliphatic rings. The molecule has 2 aromatic heterocycles. The van der Waals surface area contributed by atoms with Gasteiger partial charge in [-0.1, -0.05) is 0 Å². The van der Waals surface area contributed by atoms with E-state index in [-0.39, 0.29) is 4.57 Å². The maximum atomic E-state index is 13.0. The fraction of sp³-hybridized carbons (Fsp3) is 0.545. The first-order valence-electron chi connectivity index (χ1n) is 6.15.